The number of anilines is 1. The van der Waals surface area contributed by atoms with E-state index in [1.54, 1.807) is 7.11 Å². The predicted molar refractivity (Wildman–Crippen MR) is 95.3 cm³/mol. The van der Waals surface area contributed by atoms with Crippen LogP contribution in [0.1, 0.15) is 10.5 Å². The number of aromatic nitrogens is 3. The Labute approximate surface area is 152 Å². The summed E-state index contributed by atoms with van der Waals surface area (Å²) < 4.78 is 13.1. The number of carbonyl (C=O) groups is 1. The van der Waals surface area contributed by atoms with E-state index in [1.807, 2.05) is 40.9 Å². The lowest BCUT2D eigenvalue weighted by atomic mass is 10.1. The monoisotopic (exact) mass is 357 g/mol. The molecule has 138 valence electrons. The lowest BCUT2D eigenvalue weighted by molar-refractivity contribution is 0.0568. The fraction of sp³-hybridized carbons (Fsp3) is 0.500. The van der Waals surface area contributed by atoms with Crippen molar-refractivity contribution in [2.24, 2.45) is 13.0 Å². The summed E-state index contributed by atoms with van der Waals surface area (Å²) >= 11 is 0. The fourth-order valence-electron chi connectivity index (χ4n) is 3.73. The van der Waals surface area contributed by atoms with Gasteiger partial charge in [-0.2, -0.15) is 0 Å². The van der Waals surface area contributed by atoms with Gasteiger partial charge in [0, 0.05) is 51.4 Å². The molecule has 0 bridgehead atoms. The summed E-state index contributed by atoms with van der Waals surface area (Å²) in [4.78, 5) is 25.4. The summed E-state index contributed by atoms with van der Waals surface area (Å²) in [6.45, 7) is 3.42. The van der Waals surface area contributed by atoms with Crippen molar-refractivity contribution in [3.05, 3.63) is 36.4 Å². The van der Waals surface area contributed by atoms with Gasteiger partial charge in [-0.25, -0.2) is 9.97 Å². The highest BCUT2D eigenvalue weighted by Gasteiger charge is 2.38. The average Bonchev–Trinajstić information content (AvgIpc) is 3.21. The Hall–Kier alpha value is -2.61. The Kier molecular flexibility index (Phi) is 4.50. The molecule has 4 heterocycles. The molecule has 0 spiro atoms. The van der Waals surface area contributed by atoms with Crippen molar-refractivity contribution in [2.75, 3.05) is 44.8 Å². The van der Waals surface area contributed by atoms with Crippen molar-refractivity contribution in [3.8, 4) is 5.88 Å². The lowest BCUT2D eigenvalue weighted by Gasteiger charge is -2.24. The van der Waals surface area contributed by atoms with Crippen LogP contribution in [0, 0.1) is 5.92 Å². The molecule has 2 atom stereocenters. The first-order valence-electron chi connectivity index (χ1n) is 8.79. The smallest absolute Gasteiger partial charge is 0.270 e. The van der Waals surface area contributed by atoms with Crippen LogP contribution in [0.4, 0.5) is 5.82 Å². The SMILES string of the molecule is COc1cc(N2C[C@@H]3CN(C(=O)c4cccn4C)CCO[C@@H]3C2)ncn1. The molecule has 0 unspecified atom stereocenters. The highest BCUT2D eigenvalue weighted by molar-refractivity contribution is 5.92. The number of amides is 1. The van der Waals surface area contributed by atoms with Gasteiger partial charge >= 0.3 is 0 Å². The number of fused-ring (bicyclic) bond motifs is 1. The van der Waals surface area contributed by atoms with Gasteiger partial charge in [0.2, 0.25) is 5.88 Å². The van der Waals surface area contributed by atoms with Gasteiger partial charge in [-0.1, -0.05) is 0 Å². The van der Waals surface area contributed by atoms with Gasteiger partial charge in [0.1, 0.15) is 17.8 Å². The molecule has 2 aromatic heterocycles. The van der Waals surface area contributed by atoms with Crippen LogP contribution < -0.4 is 9.64 Å². The molecule has 2 fully saturated rings. The molecule has 8 heteroatoms. The van der Waals surface area contributed by atoms with E-state index < -0.39 is 0 Å². The summed E-state index contributed by atoms with van der Waals surface area (Å²) in [6, 6.07) is 5.59. The summed E-state index contributed by atoms with van der Waals surface area (Å²) in [5.74, 6) is 1.68. The fourth-order valence-corrected chi connectivity index (χ4v) is 3.73. The van der Waals surface area contributed by atoms with E-state index in [4.69, 9.17) is 9.47 Å². The maximum atomic E-state index is 12.9. The van der Waals surface area contributed by atoms with E-state index >= 15 is 0 Å². The van der Waals surface area contributed by atoms with E-state index in [0.29, 0.717) is 31.3 Å². The standard InChI is InChI=1S/C18H23N5O3/c1-21-5-3-4-14(21)18(24)22-6-7-26-15-11-23(10-13(15)9-22)16-8-17(25-2)20-12-19-16/h3-5,8,12-13,15H,6-7,9-11H2,1-2H3/t13-,15+/m0/s1. The van der Waals surface area contributed by atoms with E-state index in [1.165, 1.54) is 6.33 Å². The zero-order chi connectivity index (χ0) is 18.1. The number of aryl methyl sites for hydroxylation is 1. The Morgan fingerprint density at radius 2 is 2.19 bits per heavy atom. The molecular weight excluding hydrogens is 334 g/mol. The van der Waals surface area contributed by atoms with E-state index in [2.05, 4.69) is 14.9 Å². The van der Waals surface area contributed by atoms with Crippen LogP contribution in [0.15, 0.2) is 30.7 Å². The second-order valence-electron chi connectivity index (χ2n) is 6.75. The first-order valence-corrected chi connectivity index (χ1v) is 8.79. The third-order valence-electron chi connectivity index (χ3n) is 5.14. The maximum absolute atomic E-state index is 12.9. The topological polar surface area (TPSA) is 72.7 Å². The van der Waals surface area contributed by atoms with Crippen molar-refractivity contribution in [2.45, 2.75) is 6.10 Å². The summed E-state index contributed by atoms with van der Waals surface area (Å²) in [7, 11) is 3.49. The van der Waals surface area contributed by atoms with Gasteiger partial charge in [0.05, 0.1) is 19.8 Å². The molecule has 0 aliphatic carbocycles. The molecule has 0 aromatic carbocycles. The number of hydrogen-bond acceptors (Lipinski definition) is 6. The number of rotatable bonds is 3. The van der Waals surface area contributed by atoms with E-state index in [-0.39, 0.29) is 17.9 Å². The highest BCUT2D eigenvalue weighted by atomic mass is 16.5. The van der Waals surface area contributed by atoms with Gasteiger partial charge in [-0.15, -0.1) is 0 Å². The van der Waals surface area contributed by atoms with E-state index in [0.717, 1.165) is 18.9 Å². The molecule has 0 radical (unpaired) electrons. The lowest BCUT2D eigenvalue weighted by Crippen LogP contribution is -2.38. The van der Waals surface area contributed by atoms with Gasteiger partial charge in [-0.3, -0.25) is 4.79 Å². The third kappa shape index (κ3) is 3.12. The van der Waals surface area contributed by atoms with Crippen molar-refractivity contribution in [3.63, 3.8) is 0 Å². The molecule has 8 nitrogen and oxygen atoms in total. The van der Waals surface area contributed by atoms with Crippen LogP contribution in [0.2, 0.25) is 0 Å². The number of ether oxygens (including phenoxy) is 2. The second-order valence-corrected chi connectivity index (χ2v) is 6.75. The van der Waals surface area contributed by atoms with Gasteiger partial charge in [0.25, 0.3) is 5.91 Å². The largest absolute Gasteiger partial charge is 0.481 e. The van der Waals surface area contributed by atoms with Crippen molar-refractivity contribution < 1.29 is 14.3 Å². The molecule has 2 aromatic rings. The van der Waals surface area contributed by atoms with E-state index in [9.17, 15) is 4.79 Å². The zero-order valence-electron chi connectivity index (χ0n) is 15.0. The van der Waals surface area contributed by atoms with Crippen LogP contribution in [-0.4, -0.2) is 71.3 Å². The highest BCUT2D eigenvalue weighted by Crippen LogP contribution is 2.28. The van der Waals surface area contributed by atoms with Gasteiger partial charge in [-0.05, 0) is 12.1 Å². The normalized spacial score (nSPS) is 22.8. The number of methoxy groups -OCH3 is 1. The number of hydrogen-bond donors (Lipinski definition) is 0. The molecular formula is C18H23N5O3. The number of carbonyl (C=O) groups excluding carboxylic acids is 1. The predicted octanol–water partition coefficient (Wildman–Crippen LogP) is 0.801. The quantitative estimate of drug-likeness (QED) is 0.809. The Balaban J connectivity index is 1.48. The molecule has 2 aliphatic rings. The summed E-state index contributed by atoms with van der Waals surface area (Å²) in [5.41, 5.74) is 0.707. The Morgan fingerprint density at radius 3 is 2.96 bits per heavy atom. The van der Waals surface area contributed by atoms with Gasteiger partial charge < -0.3 is 23.8 Å². The number of nitrogens with zero attached hydrogens (tertiary/aromatic N) is 5. The molecule has 2 aliphatic heterocycles. The van der Waals surface area contributed by atoms with Gasteiger partial charge in [0.15, 0.2) is 0 Å². The maximum Gasteiger partial charge on any atom is 0.270 e. The minimum Gasteiger partial charge on any atom is -0.481 e. The van der Waals surface area contributed by atoms with Crippen LogP contribution in [0.5, 0.6) is 5.88 Å². The van der Waals surface area contributed by atoms with Crippen molar-refractivity contribution >= 4 is 11.7 Å². The summed E-state index contributed by atoms with van der Waals surface area (Å²) in [6.07, 6.45) is 3.50. The molecule has 4 rings (SSSR count). The first-order chi connectivity index (χ1) is 12.7. The molecule has 0 N–H and O–H groups in total. The van der Waals surface area contributed by atoms with Crippen LogP contribution in [0.3, 0.4) is 0 Å². The zero-order valence-corrected chi connectivity index (χ0v) is 15.0. The minimum atomic E-state index is 0.0592. The van der Waals surface area contributed by atoms with Crippen LogP contribution >= 0.6 is 0 Å². The minimum absolute atomic E-state index is 0.0592. The second kappa shape index (κ2) is 6.95. The first kappa shape index (κ1) is 16.8. The van der Waals surface area contributed by atoms with Crippen LogP contribution in [-0.2, 0) is 11.8 Å². The Morgan fingerprint density at radius 1 is 1.31 bits per heavy atom. The molecule has 2 saturated heterocycles. The third-order valence-corrected chi connectivity index (χ3v) is 5.14. The van der Waals surface area contributed by atoms with Crippen LogP contribution in [0.25, 0.3) is 0 Å². The van der Waals surface area contributed by atoms with Crippen molar-refractivity contribution in [1.29, 1.82) is 0 Å². The van der Waals surface area contributed by atoms with Crippen molar-refractivity contribution in [1.82, 2.24) is 19.4 Å². The summed E-state index contributed by atoms with van der Waals surface area (Å²) in [5, 5.41) is 0. The molecule has 26 heavy (non-hydrogen) atoms. The molecule has 0 saturated carbocycles. The average molecular weight is 357 g/mol. The Bertz CT molecular complexity index is 793. The molecule has 1 amide bonds.